The van der Waals surface area contributed by atoms with Crippen molar-refractivity contribution in [2.75, 3.05) is 4.31 Å². The van der Waals surface area contributed by atoms with Gasteiger partial charge in [-0.3, -0.25) is 14.4 Å². The highest BCUT2D eigenvalue weighted by Crippen LogP contribution is 2.55. The van der Waals surface area contributed by atoms with Gasteiger partial charge < -0.3 is 4.74 Å². The van der Waals surface area contributed by atoms with Crippen LogP contribution >= 0.6 is 0 Å². The number of sulfonamides is 1. The fourth-order valence-electron chi connectivity index (χ4n) is 4.06. The number of alkyl halides is 6. The van der Waals surface area contributed by atoms with Crippen molar-refractivity contribution in [3.05, 3.63) is 54.0 Å². The predicted molar refractivity (Wildman–Crippen MR) is 105 cm³/mol. The van der Waals surface area contributed by atoms with E-state index in [1.807, 2.05) is 0 Å². The molecular formula is C20H14F6N4O3S. The zero-order valence-electron chi connectivity index (χ0n) is 16.9. The van der Waals surface area contributed by atoms with Crippen molar-refractivity contribution < 1.29 is 39.5 Å². The van der Waals surface area contributed by atoms with Crippen LogP contribution in [-0.4, -0.2) is 30.0 Å². The second-order valence-corrected chi connectivity index (χ2v) is 9.70. The van der Waals surface area contributed by atoms with E-state index in [2.05, 4.69) is 19.9 Å². The molecule has 1 atom stereocenters. The molecule has 1 fully saturated rings. The Hall–Kier alpha value is -3.29. The third-order valence-electron chi connectivity index (χ3n) is 5.60. The first-order valence-corrected chi connectivity index (χ1v) is 11.3. The molecule has 1 N–H and O–H groups in total. The molecule has 0 saturated heterocycles. The van der Waals surface area contributed by atoms with Gasteiger partial charge in [-0.05, 0) is 43.0 Å². The zero-order chi connectivity index (χ0) is 24.5. The maximum atomic E-state index is 13.7. The molecule has 1 aromatic carbocycles. The number of halogens is 6. The van der Waals surface area contributed by atoms with Gasteiger partial charge in [0.15, 0.2) is 0 Å². The van der Waals surface area contributed by atoms with E-state index in [1.165, 1.54) is 12.3 Å². The molecule has 0 radical (unpaired) electrons. The average molecular weight is 504 g/mol. The molecule has 0 bridgehead atoms. The molecule has 5 rings (SSSR count). The van der Waals surface area contributed by atoms with Crippen molar-refractivity contribution >= 4 is 15.7 Å². The number of rotatable bonds is 4. The number of hydrogen-bond acceptors (Lipinski definition) is 5. The molecule has 14 heteroatoms. The van der Waals surface area contributed by atoms with Crippen LogP contribution < -0.4 is 9.04 Å². The van der Waals surface area contributed by atoms with Gasteiger partial charge in [-0.15, -0.1) is 13.2 Å². The summed E-state index contributed by atoms with van der Waals surface area (Å²) < 4.78 is 110. The van der Waals surface area contributed by atoms with Crippen LogP contribution in [0.15, 0.2) is 47.6 Å². The number of ether oxygens (including phenoxy) is 1. The van der Waals surface area contributed by atoms with Gasteiger partial charge in [0.1, 0.15) is 16.3 Å². The maximum Gasteiger partial charge on any atom is 0.573 e. The Bertz CT molecular complexity index is 1350. The lowest BCUT2D eigenvalue weighted by Gasteiger charge is -2.37. The molecule has 1 unspecified atom stereocenters. The van der Waals surface area contributed by atoms with E-state index in [0.717, 1.165) is 22.5 Å². The van der Waals surface area contributed by atoms with Crippen molar-refractivity contribution in [1.29, 1.82) is 0 Å². The Morgan fingerprint density at radius 3 is 2.35 bits per heavy atom. The van der Waals surface area contributed by atoms with Gasteiger partial charge in [0.25, 0.3) is 10.0 Å². The monoisotopic (exact) mass is 504 g/mol. The summed E-state index contributed by atoms with van der Waals surface area (Å²) in [4.78, 5) is 2.69. The van der Waals surface area contributed by atoms with Gasteiger partial charge in [-0.2, -0.15) is 18.3 Å². The predicted octanol–water partition coefficient (Wildman–Crippen LogP) is 5.05. The number of H-pyrrole nitrogens is 1. The number of benzene rings is 1. The number of nitrogens with zero attached hydrogens (tertiary/aromatic N) is 3. The molecule has 3 aromatic rings. The SMILES string of the molecule is O=S(=O)(c1ccc(C(F)(F)F)nc1)N1c2cc(OC(F)(F)F)ccc2-c2[nH]ncc2C1C1CC1. The van der Waals surface area contributed by atoms with Crippen molar-refractivity contribution in [3.8, 4) is 17.0 Å². The van der Waals surface area contributed by atoms with E-state index in [9.17, 15) is 34.8 Å². The largest absolute Gasteiger partial charge is 0.573 e. The number of fused-ring (bicyclic) bond motifs is 3. The number of pyridine rings is 1. The van der Waals surface area contributed by atoms with Gasteiger partial charge in [0.2, 0.25) is 0 Å². The van der Waals surface area contributed by atoms with E-state index < -0.39 is 44.9 Å². The third-order valence-corrected chi connectivity index (χ3v) is 7.38. The first-order chi connectivity index (χ1) is 15.9. The van der Waals surface area contributed by atoms with Gasteiger partial charge in [0, 0.05) is 23.4 Å². The fraction of sp³-hybridized carbons (Fsp3) is 0.300. The second-order valence-electron chi connectivity index (χ2n) is 7.89. The fourth-order valence-corrected chi connectivity index (χ4v) is 5.71. The number of anilines is 1. The highest BCUT2D eigenvalue weighted by molar-refractivity contribution is 7.92. The highest BCUT2D eigenvalue weighted by Gasteiger charge is 2.48. The van der Waals surface area contributed by atoms with Crippen molar-refractivity contribution in [2.45, 2.75) is 36.3 Å². The van der Waals surface area contributed by atoms with E-state index in [0.29, 0.717) is 36.4 Å². The lowest BCUT2D eigenvalue weighted by Crippen LogP contribution is -2.38. The summed E-state index contributed by atoms with van der Waals surface area (Å²) in [5.74, 6) is -0.802. The molecule has 1 saturated carbocycles. The van der Waals surface area contributed by atoms with Gasteiger partial charge >= 0.3 is 12.5 Å². The van der Waals surface area contributed by atoms with Crippen LogP contribution in [-0.2, 0) is 16.2 Å². The molecule has 0 spiro atoms. The Balaban J connectivity index is 1.68. The van der Waals surface area contributed by atoms with Crippen LogP contribution in [0.5, 0.6) is 5.75 Å². The molecule has 0 amide bonds. The summed E-state index contributed by atoms with van der Waals surface area (Å²) >= 11 is 0. The minimum atomic E-state index is -5.01. The van der Waals surface area contributed by atoms with Crippen LogP contribution in [0.3, 0.4) is 0 Å². The van der Waals surface area contributed by atoms with Gasteiger partial charge in [-0.1, -0.05) is 0 Å². The Morgan fingerprint density at radius 2 is 1.76 bits per heavy atom. The first kappa shape index (κ1) is 22.5. The van der Waals surface area contributed by atoms with E-state index in [-0.39, 0.29) is 17.2 Å². The molecular weight excluding hydrogens is 490 g/mol. The zero-order valence-corrected chi connectivity index (χ0v) is 17.7. The lowest BCUT2D eigenvalue weighted by molar-refractivity contribution is -0.274. The topological polar surface area (TPSA) is 88.2 Å². The molecule has 2 aromatic heterocycles. The number of aromatic amines is 1. The number of aromatic nitrogens is 3. The normalized spacial score (nSPS) is 18.4. The minimum Gasteiger partial charge on any atom is -0.406 e. The molecule has 2 aliphatic rings. The van der Waals surface area contributed by atoms with Crippen molar-refractivity contribution in [2.24, 2.45) is 5.92 Å². The molecule has 34 heavy (non-hydrogen) atoms. The van der Waals surface area contributed by atoms with Crippen LogP contribution in [0.2, 0.25) is 0 Å². The average Bonchev–Trinajstić information content (AvgIpc) is 3.46. The van der Waals surface area contributed by atoms with Crippen LogP contribution in [0.4, 0.5) is 32.0 Å². The Morgan fingerprint density at radius 1 is 1.03 bits per heavy atom. The number of hydrogen-bond donors (Lipinski definition) is 1. The third kappa shape index (κ3) is 3.85. The van der Waals surface area contributed by atoms with Crippen LogP contribution in [0.25, 0.3) is 11.3 Å². The van der Waals surface area contributed by atoms with Crippen LogP contribution in [0, 0.1) is 5.92 Å². The van der Waals surface area contributed by atoms with Gasteiger partial charge in [-0.25, -0.2) is 8.42 Å². The number of nitrogens with one attached hydrogen (secondary N) is 1. The molecule has 180 valence electrons. The smallest absolute Gasteiger partial charge is 0.406 e. The molecule has 7 nitrogen and oxygen atoms in total. The molecule has 3 heterocycles. The van der Waals surface area contributed by atoms with E-state index >= 15 is 0 Å². The molecule has 1 aliphatic heterocycles. The lowest BCUT2D eigenvalue weighted by atomic mass is 9.93. The Kier molecular flexibility index (Phi) is 4.87. The standard InChI is InChI=1S/C20H14F6N4O3S/c21-19(22,23)16-6-4-12(8-27-16)34(31,32)30-15-7-11(33-20(24,25)26)3-5-13(15)17-14(9-28-29-17)18(30)10-1-2-10/h3-10,18H,1-2H2,(H,28,29). The molecule has 1 aliphatic carbocycles. The van der Waals surface area contributed by atoms with Gasteiger partial charge in [0.05, 0.1) is 23.6 Å². The van der Waals surface area contributed by atoms with Crippen molar-refractivity contribution in [1.82, 2.24) is 15.2 Å². The summed E-state index contributed by atoms with van der Waals surface area (Å²) in [5, 5.41) is 6.74. The summed E-state index contributed by atoms with van der Waals surface area (Å²) in [6.45, 7) is 0. The second kappa shape index (κ2) is 7.35. The van der Waals surface area contributed by atoms with Crippen molar-refractivity contribution in [3.63, 3.8) is 0 Å². The summed E-state index contributed by atoms with van der Waals surface area (Å²) in [7, 11) is -4.55. The summed E-state index contributed by atoms with van der Waals surface area (Å²) in [6.07, 6.45) is -6.45. The summed E-state index contributed by atoms with van der Waals surface area (Å²) in [6, 6.07) is 3.74. The Labute approximate surface area is 188 Å². The van der Waals surface area contributed by atoms with E-state index in [1.54, 1.807) is 0 Å². The minimum absolute atomic E-state index is 0.115. The maximum absolute atomic E-state index is 13.7. The quantitative estimate of drug-likeness (QED) is 0.503. The van der Waals surface area contributed by atoms with E-state index in [4.69, 9.17) is 0 Å². The van der Waals surface area contributed by atoms with Crippen LogP contribution in [0.1, 0.15) is 30.1 Å². The summed E-state index contributed by atoms with van der Waals surface area (Å²) in [5.41, 5.74) is -0.176. The first-order valence-electron chi connectivity index (χ1n) is 9.87. The highest BCUT2D eigenvalue weighted by atomic mass is 32.2.